The highest BCUT2D eigenvalue weighted by molar-refractivity contribution is 7.23. The Hall–Kier alpha value is -2.37. The lowest BCUT2D eigenvalue weighted by Crippen LogP contribution is -1.90. The van der Waals surface area contributed by atoms with Gasteiger partial charge in [-0.05, 0) is 48.2 Å². The number of nitrogens with one attached hydrogen (secondary N) is 1. The van der Waals surface area contributed by atoms with E-state index in [4.69, 9.17) is 9.72 Å². The van der Waals surface area contributed by atoms with Crippen LogP contribution in [-0.2, 0) is 0 Å². The quantitative estimate of drug-likeness (QED) is 0.483. The fourth-order valence-corrected chi connectivity index (χ4v) is 4.62. The topological polar surface area (TPSA) is 34.1 Å². The van der Waals surface area contributed by atoms with Crippen molar-refractivity contribution < 1.29 is 4.74 Å². The number of ether oxygens (including phenoxy) is 1. The van der Waals surface area contributed by atoms with Crippen molar-refractivity contribution in [2.24, 2.45) is 0 Å². The molecule has 0 unspecified atom stereocenters. The Morgan fingerprint density at radius 3 is 2.58 bits per heavy atom. The zero-order valence-electron chi connectivity index (χ0n) is 13.4. The van der Waals surface area contributed by atoms with Crippen LogP contribution < -0.4 is 10.1 Å². The molecule has 24 heavy (non-hydrogen) atoms. The molecular formula is C19H16N2OS2. The molecule has 2 aromatic heterocycles. The Morgan fingerprint density at radius 1 is 1.04 bits per heavy atom. The molecule has 4 aromatic rings. The summed E-state index contributed by atoms with van der Waals surface area (Å²) < 4.78 is 6.49. The van der Waals surface area contributed by atoms with Crippen molar-refractivity contribution in [2.75, 3.05) is 12.4 Å². The second-order valence-electron chi connectivity index (χ2n) is 5.44. The largest absolute Gasteiger partial charge is 0.497 e. The molecule has 0 saturated carbocycles. The number of rotatable bonds is 4. The van der Waals surface area contributed by atoms with E-state index in [-0.39, 0.29) is 0 Å². The standard InChI is InChI=1S/C19H16N2OS2/c1-12-15-5-3-4-6-17(15)24-18(12)16-11-23-19(21-16)20-13-7-9-14(22-2)10-8-13/h3-11H,1-2H3,(H,20,21). The number of fused-ring (bicyclic) bond motifs is 1. The van der Waals surface area contributed by atoms with Gasteiger partial charge in [-0.25, -0.2) is 4.98 Å². The molecule has 0 aliphatic heterocycles. The maximum absolute atomic E-state index is 5.18. The average molecular weight is 352 g/mol. The molecule has 0 fully saturated rings. The molecule has 0 spiro atoms. The molecule has 2 aromatic carbocycles. The zero-order chi connectivity index (χ0) is 16.5. The van der Waals surface area contributed by atoms with Gasteiger partial charge < -0.3 is 10.1 Å². The minimum atomic E-state index is 0.848. The first kappa shape index (κ1) is 15.2. The van der Waals surface area contributed by atoms with Gasteiger partial charge in [0.1, 0.15) is 5.75 Å². The van der Waals surface area contributed by atoms with Gasteiger partial charge >= 0.3 is 0 Å². The van der Waals surface area contributed by atoms with Crippen LogP contribution in [0.1, 0.15) is 5.56 Å². The lowest BCUT2D eigenvalue weighted by Gasteiger charge is -2.03. The van der Waals surface area contributed by atoms with E-state index in [1.54, 1.807) is 29.8 Å². The fraction of sp³-hybridized carbons (Fsp3) is 0.105. The van der Waals surface area contributed by atoms with Crippen LogP contribution in [0.2, 0.25) is 0 Å². The van der Waals surface area contributed by atoms with Gasteiger partial charge in [-0.1, -0.05) is 18.2 Å². The number of hydrogen-bond acceptors (Lipinski definition) is 5. The monoisotopic (exact) mass is 352 g/mol. The molecule has 4 rings (SSSR count). The molecule has 0 radical (unpaired) electrons. The van der Waals surface area contributed by atoms with Crippen molar-refractivity contribution >= 4 is 43.6 Å². The Bertz CT molecular complexity index is 986. The summed E-state index contributed by atoms with van der Waals surface area (Å²) in [7, 11) is 1.67. The molecular weight excluding hydrogens is 336 g/mol. The molecule has 1 N–H and O–H groups in total. The molecule has 3 nitrogen and oxygen atoms in total. The predicted molar refractivity (Wildman–Crippen MR) is 104 cm³/mol. The fourth-order valence-electron chi connectivity index (χ4n) is 2.65. The number of nitrogens with zero attached hydrogens (tertiary/aromatic N) is 1. The zero-order valence-corrected chi connectivity index (χ0v) is 15.0. The first-order chi connectivity index (χ1) is 11.7. The molecule has 2 heterocycles. The van der Waals surface area contributed by atoms with Gasteiger partial charge in [-0.2, -0.15) is 0 Å². The minimum absolute atomic E-state index is 0.848. The van der Waals surface area contributed by atoms with Gasteiger partial charge in [0.2, 0.25) is 0 Å². The number of aromatic nitrogens is 1. The summed E-state index contributed by atoms with van der Waals surface area (Å²) in [4.78, 5) is 6.01. The van der Waals surface area contributed by atoms with E-state index < -0.39 is 0 Å². The van der Waals surface area contributed by atoms with Gasteiger partial charge in [0.05, 0.1) is 17.7 Å². The first-order valence-corrected chi connectivity index (χ1v) is 9.29. The number of thiophene rings is 1. The van der Waals surface area contributed by atoms with E-state index in [2.05, 4.69) is 41.9 Å². The summed E-state index contributed by atoms with van der Waals surface area (Å²) in [5, 5.41) is 7.68. The van der Waals surface area contributed by atoms with Gasteiger partial charge in [0, 0.05) is 15.8 Å². The van der Waals surface area contributed by atoms with Crippen molar-refractivity contribution in [1.29, 1.82) is 0 Å². The normalized spacial score (nSPS) is 10.9. The van der Waals surface area contributed by atoms with E-state index in [9.17, 15) is 0 Å². The summed E-state index contributed by atoms with van der Waals surface area (Å²) >= 11 is 3.42. The van der Waals surface area contributed by atoms with Crippen LogP contribution in [0.5, 0.6) is 5.75 Å². The number of aryl methyl sites for hydroxylation is 1. The van der Waals surface area contributed by atoms with Crippen molar-refractivity contribution in [1.82, 2.24) is 4.98 Å². The lowest BCUT2D eigenvalue weighted by molar-refractivity contribution is 0.415. The average Bonchev–Trinajstić information content (AvgIpc) is 3.21. The van der Waals surface area contributed by atoms with E-state index in [0.717, 1.165) is 22.3 Å². The number of thiazole rings is 1. The summed E-state index contributed by atoms with van der Waals surface area (Å²) in [6.07, 6.45) is 0. The third kappa shape index (κ3) is 2.77. The van der Waals surface area contributed by atoms with Crippen LogP contribution in [0.15, 0.2) is 53.9 Å². The van der Waals surface area contributed by atoms with E-state index in [1.165, 1.54) is 20.5 Å². The van der Waals surface area contributed by atoms with Crippen molar-refractivity contribution in [3.63, 3.8) is 0 Å². The van der Waals surface area contributed by atoms with Crippen molar-refractivity contribution in [2.45, 2.75) is 6.92 Å². The molecule has 0 atom stereocenters. The van der Waals surface area contributed by atoms with Crippen LogP contribution >= 0.6 is 22.7 Å². The van der Waals surface area contributed by atoms with Gasteiger partial charge in [-0.15, -0.1) is 22.7 Å². The van der Waals surface area contributed by atoms with Gasteiger partial charge in [0.25, 0.3) is 0 Å². The van der Waals surface area contributed by atoms with Crippen LogP contribution in [0, 0.1) is 6.92 Å². The highest BCUT2D eigenvalue weighted by Crippen LogP contribution is 2.39. The summed E-state index contributed by atoms with van der Waals surface area (Å²) in [6, 6.07) is 16.4. The van der Waals surface area contributed by atoms with Crippen LogP contribution in [0.4, 0.5) is 10.8 Å². The molecule has 0 aliphatic carbocycles. The predicted octanol–water partition coefficient (Wildman–Crippen LogP) is 6.09. The Kier molecular flexibility index (Phi) is 3.96. The van der Waals surface area contributed by atoms with E-state index in [1.807, 2.05) is 24.3 Å². The second kappa shape index (κ2) is 6.26. The van der Waals surface area contributed by atoms with Crippen LogP contribution in [0.25, 0.3) is 20.7 Å². The van der Waals surface area contributed by atoms with Crippen molar-refractivity contribution in [3.8, 4) is 16.3 Å². The number of benzene rings is 2. The minimum Gasteiger partial charge on any atom is -0.497 e. The van der Waals surface area contributed by atoms with Crippen LogP contribution in [0.3, 0.4) is 0 Å². The molecule has 0 bridgehead atoms. The smallest absolute Gasteiger partial charge is 0.187 e. The van der Waals surface area contributed by atoms with Crippen LogP contribution in [-0.4, -0.2) is 12.1 Å². The first-order valence-electron chi connectivity index (χ1n) is 7.60. The Balaban J connectivity index is 1.62. The van der Waals surface area contributed by atoms with E-state index >= 15 is 0 Å². The number of anilines is 2. The summed E-state index contributed by atoms with van der Waals surface area (Å²) in [6.45, 7) is 2.17. The molecule has 0 saturated heterocycles. The SMILES string of the molecule is COc1ccc(Nc2nc(-c3sc4ccccc4c3C)cs2)cc1. The third-order valence-corrected chi connectivity index (χ3v) is 5.97. The number of hydrogen-bond donors (Lipinski definition) is 1. The highest BCUT2D eigenvalue weighted by atomic mass is 32.1. The second-order valence-corrected chi connectivity index (χ2v) is 7.35. The highest BCUT2D eigenvalue weighted by Gasteiger charge is 2.13. The lowest BCUT2D eigenvalue weighted by atomic mass is 10.1. The summed E-state index contributed by atoms with van der Waals surface area (Å²) in [5.41, 5.74) is 3.34. The Labute approximate surface area is 148 Å². The van der Waals surface area contributed by atoms with Crippen molar-refractivity contribution in [3.05, 3.63) is 59.5 Å². The Morgan fingerprint density at radius 2 is 1.83 bits per heavy atom. The molecule has 0 aliphatic rings. The maximum atomic E-state index is 5.18. The van der Waals surface area contributed by atoms with Gasteiger partial charge in [-0.3, -0.25) is 0 Å². The number of methoxy groups -OCH3 is 1. The van der Waals surface area contributed by atoms with E-state index in [0.29, 0.717) is 0 Å². The molecule has 0 amide bonds. The van der Waals surface area contributed by atoms with Gasteiger partial charge in [0.15, 0.2) is 5.13 Å². The third-order valence-electron chi connectivity index (χ3n) is 3.92. The molecule has 120 valence electrons. The summed E-state index contributed by atoms with van der Waals surface area (Å²) in [5.74, 6) is 0.848. The molecule has 5 heteroatoms. The maximum Gasteiger partial charge on any atom is 0.187 e.